The number of aliphatic hydroxyl groups excluding tert-OH is 1. The molecule has 8 heteroatoms. The van der Waals surface area contributed by atoms with E-state index < -0.39 is 22.2 Å². The molecule has 1 saturated heterocycles. The van der Waals surface area contributed by atoms with Crippen molar-refractivity contribution in [2.24, 2.45) is 5.41 Å². The molecule has 1 unspecified atom stereocenters. The van der Waals surface area contributed by atoms with Gasteiger partial charge in [0, 0.05) is 19.7 Å². The highest BCUT2D eigenvalue weighted by Crippen LogP contribution is 2.22. The topological polar surface area (TPSA) is 107 Å². The number of aliphatic carboxylic acids is 1. The lowest BCUT2D eigenvalue weighted by Gasteiger charge is -2.33. The summed E-state index contributed by atoms with van der Waals surface area (Å²) >= 11 is 0. The lowest BCUT2D eigenvalue weighted by molar-refractivity contribution is -0.142. The normalized spacial score (nSPS) is 21.9. The van der Waals surface area contributed by atoms with E-state index in [4.69, 9.17) is 10.2 Å². The predicted octanol–water partition coefficient (Wildman–Crippen LogP) is 0.169. The van der Waals surface area contributed by atoms with Crippen LogP contribution in [0.3, 0.4) is 0 Å². The lowest BCUT2D eigenvalue weighted by atomic mass is 9.90. The number of piperidine rings is 1. The Morgan fingerprint density at radius 3 is 2.60 bits per heavy atom. The van der Waals surface area contributed by atoms with E-state index in [2.05, 4.69) is 4.72 Å². The van der Waals surface area contributed by atoms with Crippen LogP contribution >= 0.6 is 0 Å². The first-order valence-electron chi connectivity index (χ1n) is 6.80. The van der Waals surface area contributed by atoms with Crippen LogP contribution in [0.25, 0.3) is 0 Å². The fourth-order valence-corrected chi connectivity index (χ4v) is 3.84. The number of carbonyl (C=O) groups is 1. The Bertz CT molecular complexity index is 435. The van der Waals surface area contributed by atoms with Crippen LogP contribution in [0, 0.1) is 5.41 Å². The fraction of sp³-hybridized carbons (Fsp3) is 0.917. The highest BCUT2D eigenvalue weighted by Gasteiger charge is 2.37. The molecule has 3 N–H and O–H groups in total. The van der Waals surface area contributed by atoms with E-state index in [-0.39, 0.29) is 25.1 Å². The number of carboxylic acids is 1. The van der Waals surface area contributed by atoms with Crippen LogP contribution < -0.4 is 4.72 Å². The summed E-state index contributed by atoms with van der Waals surface area (Å²) in [6.45, 7) is 4.06. The van der Waals surface area contributed by atoms with Crippen LogP contribution in [0.1, 0.15) is 39.5 Å². The van der Waals surface area contributed by atoms with Crippen molar-refractivity contribution in [2.45, 2.75) is 45.6 Å². The average molecular weight is 308 g/mol. The third kappa shape index (κ3) is 4.69. The molecule has 1 aliphatic heterocycles. The van der Waals surface area contributed by atoms with Gasteiger partial charge < -0.3 is 10.2 Å². The van der Waals surface area contributed by atoms with E-state index >= 15 is 0 Å². The third-order valence-electron chi connectivity index (χ3n) is 3.57. The van der Waals surface area contributed by atoms with Crippen LogP contribution in [0.5, 0.6) is 0 Å². The molecule has 1 heterocycles. The molecule has 7 nitrogen and oxygen atoms in total. The van der Waals surface area contributed by atoms with E-state index in [0.717, 1.165) is 10.7 Å². The van der Waals surface area contributed by atoms with Crippen LogP contribution in [0.15, 0.2) is 0 Å². The van der Waals surface area contributed by atoms with Gasteiger partial charge in [-0.3, -0.25) is 4.79 Å². The molecule has 118 valence electrons. The van der Waals surface area contributed by atoms with Gasteiger partial charge in [0.05, 0.1) is 0 Å². The Kier molecular flexibility index (Phi) is 5.93. The second kappa shape index (κ2) is 6.84. The van der Waals surface area contributed by atoms with Crippen molar-refractivity contribution in [1.82, 2.24) is 9.03 Å². The van der Waals surface area contributed by atoms with Gasteiger partial charge in [0.2, 0.25) is 0 Å². The average Bonchev–Trinajstić information content (AvgIpc) is 2.37. The Hall–Kier alpha value is -0.700. The Labute approximate surface area is 120 Å². The van der Waals surface area contributed by atoms with Crippen molar-refractivity contribution < 1.29 is 23.4 Å². The predicted molar refractivity (Wildman–Crippen MR) is 74.4 cm³/mol. The molecule has 20 heavy (non-hydrogen) atoms. The zero-order valence-electron chi connectivity index (χ0n) is 12.0. The molecule has 0 aromatic carbocycles. The summed E-state index contributed by atoms with van der Waals surface area (Å²) in [6.07, 6.45) is 2.21. The van der Waals surface area contributed by atoms with Crippen molar-refractivity contribution >= 4 is 16.2 Å². The smallest absolute Gasteiger partial charge is 0.322 e. The number of nitrogens with one attached hydrogen (secondary N) is 1. The van der Waals surface area contributed by atoms with Crippen molar-refractivity contribution in [3.8, 4) is 0 Å². The fourth-order valence-electron chi connectivity index (χ4n) is 2.20. The molecule has 0 spiro atoms. The number of nitrogens with zero attached hydrogens (tertiary/aromatic N) is 1. The van der Waals surface area contributed by atoms with Gasteiger partial charge >= 0.3 is 5.97 Å². The van der Waals surface area contributed by atoms with Crippen molar-refractivity contribution in [2.75, 3.05) is 19.7 Å². The summed E-state index contributed by atoms with van der Waals surface area (Å²) in [5, 5.41) is 18.0. The Morgan fingerprint density at radius 1 is 1.40 bits per heavy atom. The van der Waals surface area contributed by atoms with Gasteiger partial charge in [0.25, 0.3) is 10.2 Å². The minimum absolute atomic E-state index is 0.0177. The van der Waals surface area contributed by atoms with Crippen LogP contribution in [-0.2, 0) is 15.0 Å². The molecule has 1 fully saturated rings. The van der Waals surface area contributed by atoms with Gasteiger partial charge in [-0.1, -0.05) is 13.8 Å². The first kappa shape index (κ1) is 17.4. The molecule has 0 bridgehead atoms. The van der Waals surface area contributed by atoms with E-state index in [1.807, 2.05) is 13.8 Å². The zero-order chi connectivity index (χ0) is 15.4. The highest BCUT2D eigenvalue weighted by molar-refractivity contribution is 7.87. The van der Waals surface area contributed by atoms with Crippen LogP contribution in [0.2, 0.25) is 0 Å². The van der Waals surface area contributed by atoms with Crippen molar-refractivity contribution in [1.29, 1.82) is 0 Å². The quantitative estimate of drug-likeness (QED) is 0.621. The van der Waals surface area contributed by atoms with E-state index in [9.17, 15) is 13.2 Å². The number of hydrogen-bond donors (Lipinski definition) is 3. The maximum Gasteiger partial charge on any atom is 0.322 e. The van der Waals surface area contributed by atoms with Gasteiger partial charge in [-0.15, -0.1) is 0 Å². The van der Waals surface area contributed by atoms with Gasteiger partial charge in [0.15, 0.2) is 0 Å². The molecular weight excluding hydrogens is 284 g/mol. The monoisotopic (exact) mass is 308 g/mol. The van der Waals surface area contributed by atoms with Gasteiger partial charge in [-0.2, -0.15) is 12.7 Å². The maximum atomic E-state index is 12.2. The summed E-state index contributed by atoms with van der Waals surface area (Å²) in [5.74, 6) is -1.11. The number of aliphatic hydroxyl groups is 1. The summed E-state index contributed by atoms with van der Waals surface area (Å²) < 4.78 is 28.0. The Morgan fingerprint density at radius 2 is 2.05 bits per heavy atom. The first-order valence-corrected chi connectivity index (χ1v) is 8.24. The highest BCUT2D eigenvalue weighted by atomic mass is 32.2. The minimum atomic E-state index is -3.81. The zero-order valence-corrected chi connectivity index (χ0v) is 12.8. The van der Waals surface area contributed by atoms with Crippen LogP contribution in [0.4, 0.5) is 0 Å². The molecule has 1 rings (SSSR count). The molecule has 0 amide bonds. The largest absolute Gasteiger partial charge is 0.480 e. The van der Waals surface area contributed by atoms with E-state index in [1.165, 1.54) is 0 Å². The Balaban J connectivity index is 2.74. The van der Waals surface area contributed by atoms with Gasteiger partial charge in [0.1, 0.15) is 6.04 Å². The number of carboxylic acid groups (broad SMARTS) is 1. The standard InChI is InChI=1S/C12H24N2O5S/c1-12(2,6-8-15)9-13-20(18,19)14-7-4-3-5-10(14)11(16)17/h10,13,15H,3-9H2,1-2H3,(H,16,17). The third-order valence-corrected chi connectivity index (χ3v) is 5.13. The van der Waals surface area contributed by atoms with Crippen molar-refractivity contribution in [3.05, 3.63) is 0 Å². The maximum absolute atomic E-state index is 12.2. The second-order valence-electron chi connectivity index (χ2n) is 5.92. The molecule has 1 aliphatic rings. The molecule has 0 aromatic rings. The minimum Gasteiger partial charge on any atom is -0.480 e. The summed E-state index contributed by atoms with van der Waals surface area (Å²) in [7, 11) is -3.81. The van der Waals surface area contributed by atoms with Gasteiger partial charge in [-0.25, -0.2) is 4.72 Å². The number of hydrogen-bond acceptors (Lipinski definition) is 4. The lowest BCUT2D eigenvalue weighted by Crippen LogP contribution is -2.53. The van der Waals surface area contributed by atoms with E-state index in [1.54, 1.807) is 0 Å². The summed E-state index contributed by atoms with van der Waals surface area (Å²) in [6, 6.07) is -0.984. The second-order valence-corrected chi connectivity index (χ2v) is 7.63. The summed E-state index contributed by atoms with van der Waals surface area (Å²) in [5.41, 5.74) is -0.379. The molecule has 0 radical (unpaired) electrons. The molecule has 0 saturated carbocycles. The first-order chi connectivity index (χ1) is 9.19. The van der Waals surface area contributed by atoms with Crippen molar-refractivity contribution in [3.63, 3.8) is 0 Å². The molecular formula is C12H24N2O5S. The summed E-state index contributed by atoms with van der Waals surface area (Å²) in [4.78, 5) is 11.1. The number of rotatable bonds is 7. The van der Waals surface area contributed by atoms with E-state index in [0.29, 0.717) is 19.3 Å². The molecule has 0 aromatic heterocycles. The van der Waals surface area contributed by atoms with Gasteiger partial charge in [-0.05, 0) is 31.1 Å². The molecule has 1 atom stereocenters. The SMILES string of the molecule is CC(C)(CCO)CNS(=O)(=O)N1CCCCC1C(=O)O. The van der Waals surface area contributed by atoms with Crippen LogP contribution in [-0.4, -0.2) is 54.6 Å². The molecule has 0 aliphatic carbocycles.